The fourth-order valence-corrected chi connectivity index (χ4v) is 4.96. The summed E-state index contributed by atoms with van der Waals surface area (Å²) in [5.74, 6) is -0.451. The first-order valence-corrected chi connectivity index (χ1v) is 12.3. The highest BCUT2D eigenvalue weighted by atomic mass is 32.2. The maximum atomic E-state index is 12.5. The number of hydrogen-bond donors (Lipinski definition) is 2. The largest absolute Gasteiger partial charge is 0.272 e. The Morgan fingerprint density at radius 1 is 0.889 bits per heavy atom. The van der Waals surface area contributed by atoms with E-state index in [0.717, 1.165) is 0 Å². The van der Waals surface area contributed by atoms with Crippen molar-refractivity contribution in [1.29, 1.82) is 0 Å². The normalized spacial score (nSPS) is 13.1. The molecule has 0 radical (unpaired) electrons. The second-order valence-corrected chi connectivity index (χ2v) is 9.93. The topological polar surface area (TPSA) is 109 Å². The first-order chi connectivity index (χ1) is 12.8. The molecule has 27 heavy (non-hydrogen) atoms. The van der Waals surface area contributed by atoms with Gasteiger partial charge in [-0.15, -0.1) is 0 Å². The van der Waals surface area contributed by atoms with Gasteiger partial charge in [-0.05, 0) is 42.7 Å². The number of amides is 1. The Morgan fingerprint density at radius 2 is 1.37 bits per heavy atom. The zero-order chi connectivity index (χ0) is 19.9. The third-order valence-electron chi connectivity index (χ3n) is 3.57. The Kier molecular flexibility index (Phi) is 7.42. The number of carbonyl (C=O) groups is 1. The van der Waals surface area contributed by atoms with Crippen molar-refractivity contribution < 1.29 is 21.6 Å². The van der Waals surface area contributed by atoms with E-state index in [9.17, 15) is 21.6 Å². The monoisotopic (exact) mass is 428 g/mol. The van der Waals surface area contributed by atoms with Gasteiger partial charge in [0.2, 0.25) is 10.0 Å². The first-order valence-electron chi connectivity index (χ1n) is 7.94. The number of rotatable bonds is 9. The van der Waals surface area contributed by atoms with E-state index in [1.54, 1.807) is 30.5 Å². The maximum Gasteiger partial charge on any atom is 0.264 e. The lowest BCUT2D eigenvalue weighted by molar-refractivity contribution is -0.121. The molecule has 0 saturated carbocycles. The smallest absolute Gasteiger partial charge is 0.264 e. The molecule has 7 nitrogen and oxygen atoms in total. The maximum absolute atomic E-state index is 12.5. The number of carbonyl (C=O) groups excluding carboxylic acids is 1. The summed E-state index contributed by atoms with van der Waals surface area (Å²) in [4.78, 5) is 12.4. The SMILES string of the molecule is CSCCC(NS(=O)(=O)c1ccccc1)C(=O)NS(=O)(=O)c1ccccc1. The van der Waals surface area contributed by atoms with Crippen LogP contribution in [0, 0.1) is 0 Å². The van der Waals surface area contributed by atoms with Gasteiger partial charge in [0, 0.05) is 0 Å². The van der Waals surface area contributed by atoms with Crippen molar-refractivity contribution in [2.75, 3.05) is 12.0 Å². The van der Waals surface area contributed by atoms with Gasteiger partial charge in [0.25, 0.3) is 15.9 Å². The number of sulfonamides is 2. The molecular weight excluding hydrogens is 408 g/mol. The molecule has 0 aliphatic heterocycles. The number of nitrogens with one attached hydrogen (secondary N) is 2. The van der Waals surface area contributed by atoms with Crippen LogP contribution in [0.4, 0.5) is 0 Å². The van der Waals surface area contributed by atoms with Crippen LogP contribution in [0.25, 0.3) is 0 Å². The predicted molar refractivity (Wildman–Crippen MR) is 105 cm³/mol. The van der Waals surface area contributed by atoms with E-state index < -0.39 is 32.0 Å². The highest BCUT2D eigenvalue weighted by Crippen LogP contribution is 2.12. The minimum absolute atomic E-state index is 0.00197. The lowest BCUT2D eigenvalue weighted by atomic mass is 10.2. The van der Waals surface area contributed by atoms with Gasteiger partial charge in [-0.3, -0.25) is 4.79 Å². The van der Waals surface area contributed by atoms with Gasteiger partial charge >= 0.3 is 0 Å². The molecule has 1 unspecified atom stereocenters. The molecular formula is C17H20N2O5S3. The van der Waals surface area contributed by atoms with Crippen LogP contribution in [0.15, 0.2) is 70.5 Å². The molecule has 0 bridgehead atoms. The highest BCUT2D eigenvalue weighted by molar-refractivity contribution is 7.98. The van der Waals surface area contributed by atoms with Crippen LogP contribution in [0.5, 0.6) is 0 Å². The van der Waals surface area contributed by atoms with Crippen LogP contribution in [0.3, 0.4) is 0 Å². The highest BCUT2D eigenvalue weighted by Gasteiger charge is 2.28. The quantitative estimate of drug-likeness (QED) is 0.628. The van der Waals surface area contributed by atoms with Gasteiger partial charge in [0.05, 0.1) is 9.79 Å². The molecule has 1 atom stereocenters. The summed E-state index contributed by atoms with van der Waals surface area (Å²) in [5.41, 5.74) is 0. The molecule has 0 saturated heterocycles. The fraction of sp³-hybridized carbons (Fsp3) is 0.235. The molecule has 2 aromatic carbocycles. The van der Waals surface area contributed by atoms with Crippen LogP contribution in [-0.4, -0.2) is 40.8 Å². The van der Waals surface area contributed by atoms with Crippen LogP contribution in [0.1, 0.15) is 6.42 Å². The Labute approximate surface area is 163 Å². The van der Waals surface area contributed by atoms with Crippen molar-refractivity contribution in [1.82, 2.24) is 9.44 Å². The average molecular weight is 429 g/mol. The van der Waals surface area contributed by atoms with E-state index in [1.807, 2.05) is 4.72 Å². The van der Waals surface area contributed by atoms with Gasteiger partial charge in [-0.2, -0.15) is 16.5 Å². The van der Waals surface area contributed by atoms with Crippen LogP contribution >= 0.6 is 11.8 Å². The first kappa shape index (κ1) is 21.4. The second kappa shape index (κ2) is 9.36. The summed E-state index contributed by atoms with van der Waals surface area (Å²) in [7, 11) is -8.06. The molecule has 2 rings (SSSR count). The van der Waals surface area contributed by atoms with Gasteiger partial charge < -0.3 is 0 Å². The standard InChI is InChI=1S/C17H20N2O5S3/c1-25-13-12-16(18-26(21,22)14-8-4-2-5-9-14)17(20)19-27(23,24)15-10-6-3-7-11-15/h2-11,16,18H,12-13H2,1H3,(H,19,20). The Bertz CT molecular complexity index is 962. The Morgan fingerprint density at radius 3 is 1.85 bits per heavy atom. The van der Waals surface area contributed by atoms with Crippen molar-refractivity contribution in [3.63, 3.8) is 0 Å². The summed E-state index contributed by atoms with van der Waals surface area (Å²) in [6.07, 6.45) is 1.95. The molecule has 2 aromatic rings. The van der Waals surface area contributed by atoms with E-state index in [0.29, 0.717) is 5.75 Å². The number of benzene rings is 2. The zero-order valence-corrected chi connectivity index (χ0v) is 17.0. The lowest BCUT2D eigenvalue weighted by Crippen LogP contribution is -2.48. The Hall–Kier alpha value is -1.88. The van der Waals surface area contributed by atoms with Crippen LogP contribution < -0.4 is 9.44 Å². The van der Waals surface area contributed by atoms with Crippen molar-refractivity contribution in [3.8, 4) is 0 Å². The number of hydrogen-bond acceptors (Lipinski definition) is 6. The molecule has 2 N–H and O–H groups in total. The minimum atomic E-state index is -4.09. The average Bonchev–Trinajstić information content (AvgIpc) is 2.66. The van der Waals surface area contributed by atoms with Gasteiger partial charge in [-0.25, -0.2) is 21.6 Å². The van der Waals surface area contributed by atoms with Gasteiger partial charge in [0.1, 0.15) is 6.04 Å². The van der Waals surface area contributed by atoms with E-state index >= 15 is 0 Å². The van der Waals surface area contributed by atoms with Crippen LogP contribution in [-0.2, 0) is 24.8 Å². The van der Waals surface area contributed by atoms with Crippen LogP contribution in [0.2, 0.25) is 0 Å². The van der Waals surface area contributed by atoms with E-state index in [2.05, 4.69) is 4.72 Å². The van der Waals surface area contributed by atoms with E-state index in [1.165, 1.54) is 48.2 Å². The minimum Gasteiger partial charge on any atom is -0.272 e. The predicted octanol–water partition coefficient (Wildman–Crippen LogP) is 1.59. The molecule has 0 aliphatic carbocycles. The summed E-state index contributed by atoms with van der Waals surface area (Å²) in [5, 5.41) is 0. The molecule has 1 amide bonds. The van der Waals surface area contributed by atoms with Crippen molar-refractivity contribution in [2.24, 2.45) is 0 Å². The zero-order valence-electron chi connectivity index (χ0n) is 14.5. The van der Waals surface area contributed by atoms with Crippen molar-refractivity contribution in [3.05, 3.63) is 60.7 Å². The summed E-state index contributed by atoms with van der Waals surface area (Å²) >= 11 is 1.42. The molecule has 0 spiro atoms. The van der Waals surface area contributed by atoms with E-state index in [4.69, 9.17) is 0 Å². The molecule has 10 heteroatoms. The summed E-state index contributed by atoms with van der Waals surface area (Å²) < 4.78 is 53.9. The third kappa shape index (κ3) is 6.06. The van der Waals surface area contributed by atoms with E-state index in [-0.39, 0.29) is 16.2 Å². The van der Waals surface area contributed by atoms with Gasteiger partial charge in [0.15, 0.2) is 0 Å². The van der Waals surface area contributed by atoms with Crippen molar-refractivity contribution >= 4 is 37.7 Å². The third-order valence-corrected chi connectivity index (χ3v) is 7.06. The molecule has 0 aromatic heterocycles. The fourth-order valence-electron chi connectivity index (χ4n) is 2.20. The second-order valence-electron chi connectivity index (χ2n) is 5.55. The Balaban J connectivity index is 2.21. The van der Waals surface area contributed by atoms with Crippen molar-refractivity contribution in [2.45, 2.75) is 22.3 Å². The summed E-state index contributed by atoms with van der Waals surface area (Å²) in [6, 6.07) is 13.8. The molecule has 146 valence electrons. The van der Waals surface area contributed by atoms with Gasteiger partial charge in [-0.1, -0.05) is 36.4 Å². The molecule has 0 fully saturated rings. The number of thioether (sulfide) groups is 1. The lowest BCUT2D eigenvalue weighted by Gasteiger charge is -2.18. The summed E-state index contributed by atoms with van der Waals surface area (Å²) in [6.45, 7) is 0. The molecule has 0 aliphatic rings. The molecule has 0 heterocycles.